The molecular formula is C14H23ClN2O2. The highest BCUT2D eigenvalue weighted by molar-refractivity contribution is 6.30. The molecule has 4 nitrogen and oxygen atoms in total. The minimum absolute atomic E-state index is 0.704. The highest BCUT2D eigenvalue weighted by atomic mass is 35.5. The Kier molecular flexibility index (Phi) is 7.82. The maximum atomic E-state index is 6.07. The number of halogens is 1. The van der Waals surface area contributed by atoms with E-state index in [0.717, 1.165) is 24.7 Å². The number of rotatable bonds is 9. The third kappa shape index (κ3) is 5.78. The summed E-state index contributed by atoms with van der Waals surface area (Å²) in [5.41, 5.74) is 2.36. The Labute approximate surface area is 120 Å². The summed E-state index contributed by atoms with van der Waals surface area (Å²) in [4.78, 5) is 2.17. The molecule has 0 unspecified atom stereocenters. The first-order chi connectivity index (χ1) is 9.19. The van der Waals surface area contributed by atoms with Gasteiger partial charge in [-0.15, -0.1) is 0 Å². The van der Waals surface area contributed by atoms with Crippen LogP contribution in [0, 0.1) is 0 Å². The Morgan fingerprint density at radius 3 is 2.63 bits per heavy atom. The fraction of sp³-hybridized carbons (Fsp3) is 0.571. The lowest BCUT2D eigenvalue weighted by molar-refractivity contribution is 0.199. The van der Waals surface area contributed by atoms with E-state index in [0.29, 0.717) is 13.2 Å². The van der Waals surface area contributed by atoms with Crippen LogP contribution in [-0.4, -0.2) is 47.6 Å². The predicted molar refractivity (Wildman–Crippen MR) is 80.2 cm³/mol. The fourth-order valence-electron chi connectivity index (χ4n) is 1.81. The van der Waals surface area contributed by atoms with E-state index in [1.165, 1.54) is 11.3 Å². The molecule has 1 aromatic rings. The van der Waals surface area contributed by atoms with Gasteiger partial charge in [0.15, 0.2) is 0 Å². The van der Waals surface area contributed by atoms with Crippen molar-refractivity contribution >= 4 is 17.3 Å². The average Bonchev–Trinajstić information content (AvgIpc) is 2.41. The molecule has 0 spiro atoms. The van der Waals surface area contributed by atoms with Gasteiger partial charge in [-0.3, -0.25) is 0 Å². The smallest absolute Gasteiger partial charge is 0.0637 e. The van der Waals surface area contributed by atoms with E-state index in [1.54, 1.807) is 14.2 Å². The first-order valence-electron chi connectivity index (χ1n) is 6.37. The molecule has 1 N–H and O–H groups in total. The van der Waals surface area contributed by atoms with Gasteiger partial charge in [-0.1, -0.05) is 11.6 Å². The normalized spacial score (nSPS) is 10.7. The molecule has 0 bridgehead atoms. The molecule has 0 aromatic heterocycles. The van der Waals surface area contributed by atoms with Crippen molar-refractivity contribution < 1.29 is 9.47 Å². The molecule has 0 heterocycles. The number of benzene rings is 1. The van der Waals surface area contributed by atoms with Crippen molar-refractivity contribution in [2.45, 2.75) is 6.54 Å². The third-order valence-electron chi connectivity index (χ3n) is 2.88. The summed E-state index contributed by atoms with van der Waals surface area (Å²) in [7, 11) is 5.47. The van der Waals surface area contributed by atoms with Crippen molar-refractivity contribution in [2.24, 2.45) is 0 Å². The lowest BCUT2D eigenvalue weighted by Gasteiger charge is -2.22. The Hall–Kier alpha value is -0.810. The van der Waals surface area contributed by atoms with Gasteiger partial charge in [0.25, 0.3) is 0 Å². The van der Waals surface area contributed by atoms with Crippen molar-refractivity contribution in [3.8, 4) is 0 Å². The molecule has 0 radical (unpaired) electrons. The quantitative estimate of drug-likeness (QED) is 0.706. The molecule has 5 heteroatoms. The van der Waals surface area contributed by atoms with Gasteiger partial charge < -0.3 is 19.7 Å². The molecule has 0 aliphatic rings. The zero-order chi connectivity index (χ0) is 14.1. The van der Waals surface area contributed by atoms with Crippen LogP contribution in [0.3, 0.4) is 0 Å². The van der Waals surface area contributed by atoms with E-state index < -0.39 is 0 Å². The summed E-state index contributed by atoms with van der Waals surface area (Å²) >= 11 is 6.07. The van der Waals surface area contributed by atoms with E-state index in [4.69, 9.17) is 21.1 Å². The van der Waals surface area contributed by atoms with Crippen LogP contribution in [-0.2, 0) is 16.0 Å². The summed E-state index contributed by atoms with van der Waals surface area (Å²) in [6.07, 6.45) is 0. The SMILES string of the molecule is COCCNCc1cc(Cl)ccc1N(C)CCOC. The second-order valence-electron chi connectivity index (χ2n) is 4.36. The first kappa shape index (κ1) is 16.2. The van der Waals surface area contributed by atoms with Crippen LogP contribution in [0.5, 0.6) is 0 Å². The number of nitrogens with one attached hydrogen (secondary N) is 1. The zero-order valence-corrected chi connectivity index (χ0v) is 12.7. The van der Waals surface area contributed by atoms with Crippen LogP contribution in [0.1, 0.15) is 5.56 Å². The van der Waals surface area contributed by atoms with Gasteiger partial charge in [-0.25, -0.2) is 0 Å². The lowest BCUT2D eigenvalue weighted by Crippen LogP contribution is -2.25. The van der Waals surface area contributed by atoms with Crippen LogP contribution >= 0.6 is 11.6 Å². The predicted octanol–water partition coefficient (Wildman–Crippen LogP) is 2.16. The second kappa shape index (κ2) is 9.15. The summed E-state index contributed by atoms with van der Waals surface area (Å²) in [6, 6.07) is 5.96. The molecule has 0 fully saturated rings. The number of ether oxygens (including phenoxy) is 2. The zero-order valence-electron chi connectivity index (χ0n) is 11.9. The Morgan fingerprint density at radius 1 is 1.21 bits per heavy atom. The first-order valence-corrected chi connectivity index (χ1v) is 6.75. The highest BCUT2D eigenvalue weighted by Gasteiger charge is 2.08. The van der Waals surface area contributed by atoms with Gasteiger partial charge in [0.2, 0.25) is 0 Å². The number of hydrogen-bond donors (Lipinski definition) is 1. The van der Waals surface area contributed by atoms with Gasteiger partial charge in [-0.2, -0.15) is 0 Å². The molecule has 0 aliphatic carbocycles. The van der Waals surface area contributed by atoms with E-state index in [1.807, 2.05) is 18.2 Å². The van der Waals surface area contributed by atoms with Crippen LogP contribution in [0.4, 0.5) is 5.69 Å². The molecule has 0 saturated heterocycles. The van der Waals surface area contributed by atoms with Crippen molar-refractivity contribution in [1.82, 2.24) is 5.32 Å². The van der Waals surface area contributed by atoms with E-state index in [-0.39, 0.29) is 0 Å². The van der Waals surface area contributed by atoms with Crippen LogP contribution < -0.4 is 10.2 Å². The number of hydrogen-bond acceptors (Lipinski definition) is 4. The maximum Gasteiger partial charge on any atom is 0.0637 e. The molecule has 0 amide bonds. The van der Waals surface area contributed by atoms with Crippen LogP contribution in [0.15, 0.2) is 18.2 Å². The Bertz CT molecular complexity index is 374. The van der Waals surface area contributed by atoms with Crippen LogP contribution in [0.25, 0.3) is 0 Å². The topological polar surface area (TPSA) is 33.7 Å². The third-order valence-corrected chi connectivity index (χ3v) is 3.12. The highest BCUT2D eigenvalue weighted by Crippen LogP contribution is 2.23. The standard InChI is InChI=1S/C14H23ClN2O2/c1-17(7-9-19-3)14-5-4-13(15)10-12(14)11-16-6-8-18-2/h4-5,10,16H,6-9,11H2,1-3H3. The Balaban J connectivity index is 2.67. The number of nitrogens with zero attached hydrogens (tertiary/aromatic N) is 1. The summed E-state index contributed by atoms with van der Waals surface area (Å²) in [5, 5.41) is 4.10. The number of anilines is 1. The van der Waals surface area contributed by atoms with Crippen LogP contribution in [0.2, 0.25) is 5.02 Å². The molecular weight excluding hydrogens is 264 g/mol. The monoisotopic (exact) mass is 286 g/mol. The molecule has 108 valence electrons. The van der Waals surface area contributed by atoms with Crippen molar-refractivity contribution in [2.75, 3.05) is 52.5 Å². The van der Waals surface area contributed by atoms with Gasteiger partial charge >= 0.3 is 0 Å². The van der Waals surface area contributed by atoms with E-state index in [2.05, 4.69) is 17.3 Å². The van der Waals surface area contributed by atoms with Crippen molar-refractivity contribution in [3.05, 3.63) is 28.8 Å². The van der Waals surface area contributed by atoms with Gasteiger partial charge in [-0.05, 0) is 23.8 Å². The second-order valence-corrected chi connectivity index (χ2v) is 4.79. The molecule has 1 aromatic carbocycles. The molecule has 19 heavy (non-hydrogen) atoms. The minimum atomic E-state index is 0.704. The van der Waals surface area contributed by atoms with Crippen molar-refractivity contribution in [1.29, 1.82) is 0 Å². The molecule has 0 aliphatic heterocycles. The summed E-state index contributed by atoms with van der Waals surface area (Å²) in [6.45, 7) is 3.86. The average molecular weight is 287 g/mol. The van der Waals surface area contributed by atoms with E-state index >= 15 is 0 Å². The number of likely N-dealkylation sites (N-methyl/N-ethyl adjacent to an activating group) is 1. The summed E-state index contributed by atoms with van der Waals surface area (Å²) < 4.78 is 10.1. The van der Waals surface area contributed by atoms with Gasteiger partial charge in [0.05, 0.1) is 13.2 Å². The van der Waals surface area contributed by atoms with Gasteiger partial charge in [0.1, 0.15) is 0 Å². The minimum Gasteiger partial charge on any atom is -0.383 e. The molecule has 1 rings (SSSR count). The largest absolute Gasteiger partial charge is 0.383 e. The summed E-state index contributed by atoms with van der Waals surface area (Å²) in [5.74, 6) is 0. The Morgan fingerprint density at radius 2 is 1.95 bits per heavy atom. The van der Waals surface area contributed by atoms with Crippen molar-refractivity contribution in [3.63, 3.8) is 0 Å². The van der Waals surface area contributed by atoms with E-state index in [9.17, 15) is 0 Å². The molecule has 0 saturated carbocycles. The lowest BCUT2D eigenvalue weighted by atomic mass is 10.1. The molecule has 0 atom stereocenters. The fourth-order valence-corrected chi connectivity index (χ4v) is 2.01. The number of methoxy groups -OCH3 is 2. The maximum absolute atomic E-state index is 6.07. The van der Waals surface area contributed by atoms with Gasteiger partial charge in [0, 0.05) is 51.6 Å².